The number of halogens is 2. The molecule has 0 aliphatic heterocycles. The van der Waals surface area contributed by atoms with Crippen LogP contribution in [0.3, 0.4) is 0 Å². The van der Waals surface area contributed by atoms with E-state index in [2.05, 4.69) is 11.2 Å². The van der Waals surface area contributed by atoms with Gasteiger partial charge in [0.25, 0.3) is 0 Å². The highest BCUT2D eigenvalue weighted by molar-refractivity contribution is 5.27. The molecule has 0 heterocycles. The van der Waals surface area contributed by atoms with E-state index in [9.17, 15) is 13.9 Å². The van der Waals surface area contributed by atoms with Crippen LogP contribution in [0.4, 0.5) is 8.78 Å². The Labute approximate surface area is 140 Å². The van der Waals surface area contributed by atoms with Crippen LogP contribution in [0.15, 0.2) is 42.5 Å². The van der Waals surface area contributed by atoms with Crippen molar-refractivity contribution in [2.75, 3.05) is 13.2 Å². The Morgan fingerprint density at radius 2 is 1.79 bits per heavy atom. The molecule has 0 spiro atoms. The summed E-state index contributed by atoms with van der Waals surface area (Å²) in [5.41, 5.74) is 0.641. The molecule has 24 heavy (non-hydrogen) atoms. The maximum atomic E-state index is 13.6. The fourth-order valence-electron chi connectivity index (χ4n) is 2.22. The summed E-state index contributed by atoms with van der Waals surface area (Å²) in [5, 5.41) is 12.9. The van der Waals surface area contributed by atoms with Crippen molar-refractivity contribution in [1.82, 2.24) is 5.32 Å². The second-order valence-electron chi connectivity index (χ2n) is 5.23. The summed E-state index contributed by atoms with van der Waals surface area (Å²) in [5.74, 6) is 1.72. The summed E-state index contributed by atoms with van der Waals surface area (Å²) in [4.78, 5) is 0. The molecule has 2 aromatic rings. The van der Waals surface area contributed by atoms with Crippen molar-refractivity contribution in [3.63, 3.8) is 0 Å². The Morgan fingerprint density at radius 1 is 1.12 bits per heavy atom. The highest BCUT2D eigenvalue weighted by Gasteiger charge is 2.17. The molecule has 5 heteroatoms. The van der Waals surface area contributed by atoms with E-state index in [0.29, 0.717) is 19.6 Å². The Kier molecular flexibility index (Phi) is 6.74. The Balaban J connectivity index is 1.82. The molecule has 0 fully saturated rings. The predicted octanol–water partition coefficient (Wildman–Crippen LogP) is 3.19. The van der Waals surface area contributed by atoms with Crippen LogP contribution < -0.4 is 10.1 Å². The maximum Gasteiger partial charge on any atom is 0.131 e. The number of terminal acetylenes is 1. The van der Waals surface area contributed by atoms with Gasteiger partial charge in [-0.25, -0.2) is 8.78 Å². The van der Waals surface area contributed by atoms with Gasteiger partial charge in [0, 0.05) is 19.5 Å². The maximum absolute atomic E-state index is 13.6. The molecular formula is C19H19F2NO2. The van der Waals surface area contributed by atoms with Gasteiger partial charge in [0.1, 0.15) is 17.4 Å². The van der Waals surface area contributed by atoms with Crippen LogP contribution in [0, 0.1) is 24.0 Å². The number of hydrogen-bond donors (Lipinski definition) is 2. The largest absolute Gasteiger partial charge is 0.493 e. The number of benzene rings is 2. The van der Waals surface area contributed by atoms with Crippen LogP contribution in [0.1, 0.15) is 23.7 Å². The summed E-state index contributed by atoms with van der Waals surface area (Å²) in [7, 11) is 0. The molecule has 0 aliphatic carbocycles. The number of rotatable bonds is 8. The van der Waals surface area contributed by atoms with E-state index < -0.39 is 17.7 Å². The Morgan fingerprint density at radius 3 is 2.42 bits per heavy atom. The molecular weight excluding hydrogens is 312 g/mol. The summed E-state index contributed by atoms with van der Waals surface area (Å²) in [6.45, 7) is 0.963. The summed E-state index contributed by atoms with van der Waals surface area (Å²) in [6, 6.07) is 10.9. The topological polar surface area (TPSA) is 41.5 Å². The molecule has 0 aromatic heterocycles. The number of aliphatic hydroxyl groups is 1. The normalized spacial score (nSPS) is 11.8. The molecule has 0 saturated carbocycles. The first-order chi connectivity index (χ1) is 11.6. The van der Waals surface area contributed by atoms with Crippen molar-refractivity contribution in [2.45, 2.75) is 19.1 Å². The zero-order valence-electron chi connectivity index (χ0n) is 13.1. The van der Waals surface area contributed by atoms with Crippen LogP contribution in [0.5, 0.6) is 5.75 Å². The summed E-state index contributed by atoms with van der Waals surface area (Å²) >= 11 is 0. The van der Waals surface area contributed by atoms with Crippen LogP contribution in [0.2, 0.25) is 0 Å². The number of hydrogen-bond acceptors (Lipinski definition) is 3. The lowest BCUT2D eigenvalue weighted by atomic mass is 10.1. The summed E-state index contributed by atoms with van der Waals surface area (Å²) < 4.78 is 32.6. The van der Waals surface area contributed by atoms with Crippen molar-refractivity contribution < 1.29 is 18.6 Å². The lowest BCUT2D eigenvalue weighted by Gasteiger charge is -2.14. The van der Waals surface area contributed by atoms with Gasteiger partial charge in [-0.3, -0.25) is 0 Å². The molecule has 2 aromatic carbocycles. The van der Waals surface area contributed by atoms with Gasteiger partial charge >= 0.3 is 0 Å². The van der Waals surface area contributed by atoms with E-state index >= 15 is 0 Å². The van der Waals surface area contributed by atoms with Gasteiger partial charge in [-0.2, -0.15) is 0 Å². The van der Waals surface area contributed by atoms with Crippen molar-refractivity contribution >= 4 is 0 Å². The minimum Gasteiger partial charge on any atom is -0.493 e. The zero-order valence-corrected chi connectivity index (χ0v) is 13.1. The number of ether oxygens (including phenoxy) is 1. The Bertz CT molecular complexity index is 675. The van der Waals surface area contributed by atoms with Crippen LogP contribution >= 0.6 is 0 Å². The van der Waals surface area contributed by atoms with E-state index in [0.717, 1.165) is 23.4 Å². The minimum atomic E-state index is -1.25. The third-order valence-corrected chi connectivity index (χ3v) is 3.44. The molecule has 3 nitrogen and oxygen atoms in total. The second kappa shape index (κ2) is 9.02. The van der Waals surface area contributed by atoms with Crippen molar-refractivity contribution in [3.05, 3.63) is 65.2 Å². The van der Waals surface area contributed by atoms with Crippen LogP contribution in [-0.2, 0) is 6.54 Å². The van der Waals surface area contributed by atoms with Crippen molar-refractivity contribution in [1.29, 1.82) is 0 Å². The van der Waals surface area contributed by atoms with Crippen molar-refractivity contribution in [3.8, 4) is 18.1 Å². The Hall–Kier alpha value is -2.42. The average molecular weight is 331 g/mol. The first kappa shape index (κ1) is 17.9. The molecule has 2 rings (SSSR count). The van der Waals surface area contributed by atoms with Gasteiger partial charge in [0.15, 0.2) is 0 Å². The van der Waals surface area contributed by atoms with Gasteiger partial charge in [0.2, 0.25) is 0 Å². The standard InChI is InChI=1S/C19H19F2NO2/c1-2-3-11-24-15-9-7-14(8-10-15)12-22-13-18(23)19-16(20)5-4-6-17(19)21/h1,4-10,18,22-23H,3,11-13H2. The van der Waals surface area contributed by atoms with Gasteiger partial charge < -0.3 is 15.2 Å². The first-order valence-electron chi connectivity index (χ1n) is 7.59. The zero-order chi connectivity index (χ0) is 17.4. The molecule has 1 unspecified atom stereocenters. The van der Waals surface area contributed by atoms with Crippen LogP contribution in [-0.4, -0.2) is 18.3 Å². The van der Waals surface area contributed by atoms with Crippen LogP contribution in [0.25, 0.3) is 0 Å². The molecule has 1 atom stereocenters. The fourth-order valence-corrected chi connectivity index (χ4v) is 2.22. The third kappa shape index (κ3) is 5.05. The minimum absolute atomic E-state index is 0.0400. The molecule has 0 aliphatic rings. The monoisotopic (exact) mass is 331 g/mol. The molecule has 0 saturated heterocycles. The molecule has 2 N–H and O–H groups in total. The molecule has 0 amide bonds. The predicted molar refractivity (Wildman–Crippen MR) is 88.4 cm³/mol. The van der Waals surface area contributed by atoms with Gasteiger partial charge in [-0.15, -0.1) is 12.3 Å². The van der Waals surface area contributed by atoms with E-state index in [1.807, 2.05) is 24.3 Å². The quantitative estimate of drug-likeness (QED) is 0.577. The first-order valence-corrected chi connectivity index (χ1v) is 7.59. The average Bonchev–Trinajstić information content (AvgIpc) is 2.56. The van der Waals surface area contributed by atoms with Gasteiger partial charge in [-0.1, -0.05) is 18.2 Å². The fraction of sp³-hybridized carbons (Fsp3) is 0.263. The van der Waals surface area contributed by atoms with Crippen molar-refractivity contribution in [2.24, 2.45) is 0 Å². The van der Waals surface area contributed by atoms with E-state index in [4.69, 9.17) is 11.2 Å². The lowest BCUT2D eigenvalue weighted by molar-refractivity contribution is 0.164. The highest BCUT2D eigenvalue weighted by Crippen LogP contribution is 2.20. The molecule has 0 bridgehead atoms. The highest BCUT2D eigenvalue weighted by atomic mass is 19.1. The molecule has 126 valence electrons. The van der Waals surface area contributed by atoms with Gasteiger partial charge in [0.05, 0.1) is 18.3 Å². The smallest absolute Gasteiger partial charge is 0.131 e. The van der Waals surface area contributed by atoms with Gasteiger partial charge in [-0.05, 0) is 29.8 Å². The summed E-state index contributed by atoms with van der Waals surface area (Å²) in [6.07, 6.45) is 4.45. The third-order valence-electron chi connectivity index (χ3n) is 3.44. The number of nitrogens with one attached hydrogen (secondary N) is 1. The second-order valence-corrected chi connectivity index (χ2v) is 5.23. The van der Waals surface area contributed by atoms with E-state index in [1.165, 1.54) is 6.07 Å². The number of aliphatic hydroxyl groups excluding tert-OH is 1. The van der Waals surface area contributed by atoms with E-state index in [1.54, 1.807) is 0 Å². The van der Waals surface area contributed by atoms with E-state index in [-0.39, 0.29) is 12.1 Å². The molecule has 0 radical (unpaired) electrons. The lowest BCUT2D eigenvalue weighted by Crippen LogP contribution is -2.22. The SMILES string of the molecule is C#CCCOc1ccc(CNCC(O)c2c(F)cccc2F)cc1.